The summed E-state index contributed by atoms with van der Waals surface area (Å²) in [6, 6.07) is 26.1. The Balaban J connectivity index is 1.67. The van der Waals surface area contributed by atoms with Gasteiger partial charge in [0.25, 0.3) is 0 Å². The first-order chi connectivity index (χ1) is 15.6. The van der Waals surface area contributed by atoms with E-state index in [0.717, 1.165) is 29.7 Å². The summed E-state index contributed by atoms with van der Waals surface area (Å²) in [7, 11) is 0. The first-order valence-electron chi connectivity index (χ1n) is 10.7. The number of aromatic nitrogens is 3. The second-order valence-electron chi connectivity index (χ2n) is 8.31. The fraction of sp³-hybridized carbons (Fsp3) is 0.148. The van der Waals surface area contributed by atoms with Crippen molar-refractivity contribution in [2.45, 2.75) is 18.8 Å². The summed E-state index contributed by atoms with van der Waals surface area (Å²) in [6.45, 7) is 3.10. The Labute approximate surface area is 193 Å². The summed E-state index contributed by atoms with van der Waals surface area (Å²) in [5.41, 5.74) is 3.90. The van der Waals surface area contributed by atoms with Crippen molar-refractivity contribution in [3.05, 3.63) is 102 Å². The van der Waals surface area contributed by atoms with Crippen LogP contribution in [0.2, 0.25) is 5.02 Å². The number of rotatable bonds is 4. The molecule has 3 aromatic carbocycles. The number of nitrogens with one attached hydrogen (secondary N) is 1. The van der Waals surface area contributed by atoms with Crippen LogP contribution in [0.5, 0.6) is 0 Å². The van der Waals surface area contributed by atoms with Crippen LogP contribution < -0.4 is 5.32 Å². The van der Waals surface area contributed by atoms with Crippen LogP contribution in [0.25, 0.3) is 34.2 Å². The van der Waals surface area contributed by atoms with Gasteiger partial charge < -0.3 is 5.32 Å². The molecule has 1 N–H and O–H groups in total. The van der Waals surface area contributed by atoms with Crippen molar-refractivity contribution >= 4 is 11.6 Å². The lowest BCUT2D eigenvalue weighted by Gasteiger charge is -2.32. The fourth-order valence-corrected chi connectivity index (χ4v) is 4.22. The molecule has 0 bridgehead atoms. The standard InChI is InChI=1S/C27H23ClN4/c1-27(13-8-14-29-18-27)22-15-21(16-23(28)17-22)26-31-24(19-9-4-2-5-10-19)30-25(32-26)20-11-6-3-7-12-20/h2-12,14-17,29H,13,18H2,1H3. The first-order valence-corrected chi connectivity index (χ1v) is 11.1. The molecule has 0 amide bonds. The minimum absolute atomic E-state index is 0.0497. The third-order valence-electron chi connectivity index (χ3n) is 5.85. The SMILES string of the molecule is CC1(c2cc(Cl)cc(-c3nc(-c4ccccc4)nc(-c4ccccc4)n3)c2)CC=CNC1. The number of benzene rings is 3. The van der Waals surface area contributed by atoms with Gasteiger partial charge in [-0.15, -0.1) is 0 Å². The molecule has 1 aliphatic heterocycles. The number of hydrogen-bond donors (Lipinski definition) is 1. The van der Waals surface area contributed by atoms with Crippen molar-refractivity contribution < 1.29 is 0 Å². The van der Waals surface area contributed by atoms with Gasteiger partial charge in [0.05, 0.1) is 0 Å². The molecule has 1 aromatic heterocycles. The molecule has 5 rings (SSSR count). The Morgan fingerprint density at radius 2 is 1.31 bits per heavy atom. The molecule has 0 radical (unpaired) electrons. The monoisotopic (exact) mass is 438 g/mol. The smallest absolute Gasteiger partial charge is 0.164 e. The normalized spacial score (nSPS) is 17.7. The molecule has 158 valence electrons. The average molecular weight is 439 g/mol. The van der Waals surface area contributed by atoms with Gasteiger partial charge in [0.15, 0.2) is 17.5 Å². The van der Waals surface area contributed by atoms with E-state index in [0.29, 0.717) is 22.5 Å². The van der Waals surface area contributed by atoms with Crippen LogP contribution in [0.4, 0.5) is 0 Å². The van der Waals surface area contributed by atoms with Gasteiger partial charge in [0, 0.05) is 33.7 Å². The molecule has 1 atom stereocenters. The number of hydrogen-bond acceptors (Lipinski definition) is 4. The summed E-state index contributed by atoms with van der Waals surface area (Å²) >= 11 is 6.59. The molecule has 2 heterocycles. The highest BCUT2D eigenvalue weighted by Gasteiger charge is 2.28. The zero-order chi connectivity index (χ0) is 22.0. The van der Waals surface area contributed by atoms with Crippen LogP contribution >= 0.6 is 11.6 Å². The third kappa shape index (κ3) is 4.14. The van der Waals surface area contributed by atoms with Crippen LogP contribution in [0.1, 0.15) is 18.9 Å². The Morgan fingerprint density at radius 1 is 0.750 bits per heavy atom. The van der Waals surface area contributed by atoms with Gasteiger partial charge in [-0.05, 0) is 36.4 Å². The highest BCUT2D eigenvalue weighted by atomic mass is 35.5. The molecule has 0 fully saturated rings. The summed E-state index contributed by atoms with van der Waals surface area (Å²) in [4.78, 5) is 14.5. The van der Waals surface area contributed by atoms with E-state index in [1.54, 1.807) is 0 Å². The molecule has 0 saturated carbocycles. The van der Waals surface area contributed by atoms with Crippen molar-refractivity contribution in [2.24, 2.45) is 0 Å². The Morgan fingerprint density at radius 3 is 1.84 bits per heavy atom. The summed E-state index contributed by atoms with van der Waals surface area (Å²) in [5.74, 6) is 1.90. The van der Waals surface area contributed by atoms with E-state index in [4.69, 9.17) is 26.6 Å². The molecule has 0 saturated heterocycles. The molecule has 1 unspecified atom stereocenters. The van der Waals surface area contributed by atoms with Gasteiger partial charge in [-0.1, -0.05) is 85.3 Å². The lowest BCUT2D eigenvalue weighted by molar-refractivity contribution is 0.444. The van der Waals surface area contributed by atoms with E-state index < -0.39 is 0 Å². The minimum Gasteiger partial charge on any atom is -0.390 e. The van der Waals surface area contributed by atoms with Gasteiger partial charge in [-0.2, -0.15) is 0 Å². The predicted molar refractivity (Wildman–Crippen MR) is 130 cm³/mol. The van der Waals surface area contributed by atoms with Crippen molar-refractivity contribution in [3.8, 4) is 34.2 Å². The largest absolute Gasteiger partial charge is 0.390 e. The van der Waals surface area contributed by atoms with Gasteiger partial charge in [0.1, 0.15) is 0 Å². The quantitative estimate of drug-likeness (QED) is 0.406. The molecule has 0 aliphatic carbocycles. The van der Waals surface area contributed by atoms with Crippen molar-refractivity contribution in [2.75, 3.05) is 6.54 Å². The highest BCUT2D eigenvalue weighted by Crippen LogP contribution is 2.35. The number of nitrogens with zero attached hydrogens (tertiary/aromatic N) is 3. The van der Waals surface area contributed by atoms with Crippen LogP contribution in [0.15, 0.2) is 91.1 Å². The van der Waals surface area contributed by atoms with Crippen LogP contribution in [-0.2, 0) is 5.41 Å². The van der Waals surface area contributed by atoms with Crippen LogP contribution in [0, 0.1) is 0 Å². The average Bonchev–Trinajstić information content (AvgIpc) is 2.85. The van der Waals surface area contributed by atoms with E-state index in [-0.39, 0.29) is 5.41 Å². The van der Waals surface area contributed by atoms with E-state index in [9.17, 15) is 0 Å². The zero-order valence-corrected chi connectivity index (χ0v) is 18.6. The van der Waals surface area contributed by atoms with Crippen molar-refractivity contribution in [1.29, 1.82) is 0 Å². The summed E-state index contributed by atoms with van der Waals surface area (Å²) in [5, 5.41) is 4.03. The molecule has 4 nitrogen and oxygen atoms in total. The maximum absolute atomic E-state index is 6.59. The Bertz CT molecular complexity index is 1210. The third-order valence-corrected chi connectivity index (χ3v) is 6.07. The fourth-order valence-electron chi connectivity index (χ4n) is 3.98. The van der Waals surface area contributed by atoms with Gasteiger partial charge in [-0.25, -0.2) is 15.0 Å². The van der Waals surface area contributed by atoms with Gasteiger partial charge >= 0.3 is 0 Å². The van der Waals surface area contributed by atoms with E-state index >= 15 is 0 Å². The first kappa shape index (κ1) is 20.4. The zero-order valence-electron chi connectivity index (χ0n) is 17.8. The topological polar surface area (TPSA) is 50.7 Å². The Hall–Kier alpha value is -3.50. The molecular formula is C27H23ClN4. The maximum Gasteiger partial charge on any atom is 0.164 e. The lowest BCUT2D eigenvalue weighted by atomic mass is 9.77. The lowest BCUT2D eigenvalue weighted by Crippen LogP contribution is -2.35. The van der Waals surface area contributed by atoms with Crippen molar-refractivity contribution in [1.82, 2.24) is 20.3 Å². The second-order valence-corrected chi connectivity index (χ2v) is 8.75. The number of halogens is 1. The predicted octanol–water partition coefficient (Wildman–Crippen LogP) is 6.29. The van der Waals surface area contributed by atoms with Gasteiger partial charge in [-0.3, -0.25) is 0 Å². The summed E-state index contributed by atoms with van der Waals surface area (Å²) in [6.07, 6.45) is 5.12. The molecular weight excluding hydrogens is 416 g/mol. The van der Waals surface area contributed by atoms with E-state index in [1.165, 1.54) is 5.56 Å². The van der Waals surface area contributed by atoms with E-state index in [1.807, 2.05) is 79.0 Å². The number of allylic oxidation sites excluding steroid dienone is 1. The van der Waals surface area contributed by atoms with Crippen molar-refractivity contribution in [3.63, 3.8) is 0 Å². The molecule has 0 spiro atoms. The molecule has 32 heavy (non-hydrogen) atoms. The van der Waals surface area contributed by atoms with E-state index in [2.05, 4.69) is 24.4 Å². The molecule has 4 aromatic rings. The minimum atomic E-state index is -0.0497. The molecule has 1 aliphatic rings. The molecule has 5 heteroatoms. The van der Waals surface area contributed by atoms with Gasteiger partial charge in [0.2, 0.25) is 0 Å². The van der Waals surface area contributed by atoms with Crippen LogP contribution in [-0.4, -0.2) is 21.5 Å². The maximum atomic E-state index is 6.59. The summed E-state index contributed by atoms with van der Waals surface area (Å²) < 4.78 is 0. The second kappa shape index (κ2) is 8.56. The van der Waals surface area contributed by atoms with Crippen LogP contribution in [0.3, 0.4) is 0 Å². The highest BCUT2D eigenvalue weighted by molar-refractivity contribution is 6.31. The Kier molecular flexibility index (Phi) is 5.46.